The molecule has 0 saturated heterocycles. The second kappa shape index (κ2) is 4.06. The van der Waals surface area contributed by atoms with E-state index in [1.165, 1.54) is 0 Å². The molecule has 0 spiro atoms. The fraction of sp³-hybridized carbons (Fsp3) is 0.846. The van der Waals surface area contributed by atoms with Gasteiger partial charge in [-0.05, 0) is 43.9 Å². The number of aliphatic hydroxyl groups is 1. The van der Waals surface area contributed by atoms with E-state index in [1.807, 2.05) is 6.92 Å². The van der Waals surface area contributed by atoms with E-state index in [0.29, 0.717) is 5.92 Å². The Morgan fingerprint density at radius 3 is 2.36 bits per heavy atom. The zero-order valence-electron chi connectivity index (χ0n) is 10.0. The molecule has 1 heteroatoms. The van der Waals surface area contributed by atoms with Gasteiger partial charge in [-0.2, -0.15) is 0 Å². The van der Waals surface area contributed by atoms with Crippen LogP contribution >= 0.6 is 0 Å². The first kappa shape index (κ1) is 11.8. The molecule has 1 aliphatic rings. The third-order valence-corrected chi connectivity index (χ3v) is 4.21. The molecular weight excluding hydrogens is 172 g/mol. The van der Waals surface area contributed by atoms with Gasteiger partial charge < -0.3 is 5.11 Å². The lowest BCUT2D eigenvalue weighted by Gasteiger charge is -2.37. The molecule has 0 heterocycles. The van der Waals surface area contributed by atoms with Gasteiger partial charge in [0.05, 0.1) is 5.60 Å². The predicted molar refractivity (Wildman–Crippen MR) is 61.2 cm³/mol. The van der Waals surface area contributed by atoms with Crippen LogP contribution in [0.3, 0.4) is 0 Å². The maximum Gasteiger partial charge on any atom is 0.0673 e. The van der Waals surface area contributed by atoms with Gasteiger partial charge >= 0.3 is 0 Å². The van der Waals surface area contributed by atoms with Crippen molar-refractivity contribution in [3.05, 3.63) is 12.2 Å². The quantitative estimate of drug-likeness (QED) is 0.685. The van der Waals surface area contributed by atoms with Gasteiger partial charge in [0.1, 0.15) is 0 Å². The topological polar surface area (TPSA) is 20.2 Å². The minimum absolute atomic E-state index is 0.0606. The Balaban J connectivity index is 2.61. The zero-order chi connectivity index (χ0) is 10.8. The largest absolute Gasteiger partial charge is 0.390 e. The molecule has 0 unspecified atom stereocenters. The maximum absolute atomic E-state index is 10.2. The Kier molecular flexibility index (Phi) is 3.41. The summed E-state index contributed by atoms with van der Waals surface area (Å²) in [5.41, 5.74) is -0.414. The van der Waals surface area contributed by atoms with Crippen molar-refractivity contribution in [2.75, 3.05) is 0 Å². The van der Waals surface area contributed by atoms with Gasteiger partial charge in [-0.15, -0.1) is 0 Å². The van der Waals surface area contributed by atoms with Crippen molar-refractivity contribution in [1.82, 2.24) is 0 Å². The van der Waals surface area contributed by atoms with Gasteiger partial charge in [0.25, 0.3) is 0 Å². The molecule has 82 valence electrons. The van der Waals surface area contributed by atoms with Crippen LogP contribution in [0.25, 0.3) is 0 Å². The maximum atomic E-state index is 10.2. The van der Waals surface area contributed by atoms with E-state index in [2.05, 4.69) is 32.9 Å². The van der Waals surface area contributed by atoms with E-state index in [0.717, 1.165) is 25.7 Å². The van der Waals surface area contributed by atoms with Crippen LogP contribution in [-0.2, 0) is 0 Å². The van der Waals surface area contributed by atoms with Crippen LogP contribution in [0.2, 0.25) is 0 Å². The van der Waals surface area contributed by atoms with Gasteiger partial charge in [0.15, 0.2) is 0 Å². The first-order valence-corrected chi connectivity index (χ1v) is 5.79. The SMILES string of the molecule is CCC=CC[C@@H]1CC[C@@](C)(O)C1(C)C. The van der Waals surface area contributed by atoms with Crippen molar-refractivity contribution < 1.29 is 5.11 Å². The highest BCUT2D eigenvalue weighted by atomic mass is 16.3. The van der Waals surface area contributed by atoms with Crippen molar-refractivity contribution >= 4 is 0 Å². The molecule has 1 rings (SSSR count). The van der Waals surface area contributed by atoms with Crippen LogP contribution in [0, 0.1) is 11.3 Å². The van der Waals surface area contributed by atoms with Gasteiger partial charge in [0, 0.05) is 0 Å². The molecule has 1 nitrogen and oxygen atoms in total. The molecular formula is C13H24O. The average molecular weight is 196 g/mol. The summed E-state index contributed by atoms with van der Waals surface area (Å²) in [7, 11) is 0. The summed E-state index contributed by atoms with van der Waals surface area (Å²) < 4.78 is 0. The van der Waals surface area contributed by atoms with Crippen molar-refractivity contribution in [1.29, 1.82) is 0 Å². The molecule has 14 heavy (non-hydrogen) atoms. The standard InChI is InChI=1S/C13H24O/c1-5-6-7-8-11-9-10-13(4,14)12(11,2)3/h6-7,11,14H,5,8-10H2,1-4H3/t11-,13-/m1/s1. The third-order valence-electron chi connectivity index (χ3n) is 4.21. The molecule has 0 aromatic heterocycles. The van der Waals surface area contributed by atoms with Gasteiger partial charge in [-0.1, -0.05) is 32.9 Å². The van der Waals surface area contributed by atoms with Gasteiger partial charge in [-0.25, -0.2) is 0 Å². The first-order valence-electron chi connectivity index (χ1n) is 5.79. The van der Waals surface area contributed by atoms with Gasteiger partial charge in [-0.3, -0.25) is 0 Å². The Morgan fingerprint density at radius 2 is 1.93 bits per heavy atom. The Labute approximate surface area is 88.2 Å². The fourth-order valence-corrected chi connectivity index (χ4v) is 2.42. The van der Waals surface area contributed by atoms with Crippen LogP contribution in [0.1, 0.15) is 53.4 Å². The summed E-state index contributed by atoms with van der Waals surface area (Å²) in [6, 6.07) is 0. The molecule has 0 aliphatic heterocycles. The number of allylic oxidation sites excluding steroid dienone is 2. The van der Waals surface area contributed by atoms with E-state index in [4.69, 9.17) is 0 Å². The lowest BCUT2D eigenvalue weighted by atomic mass is 9.72. The number of hydrogen-bond donors (Lipinski definition) is 1. The van der Waals surface area contributed by atoms with Crippen molar-refractivity contribution in [2.24, 2.45) is 11.3 Å². The molecule has 0 aromatic rings. The highest BCUT2D eigenvalue weighted by molar-refractivity contribution is 5.02. The molecule has 0 bridgehead atoms. The van der Waals surface area contributed by atoms with Crippen LogP contribution in [0.5, 0.6) is 0 Å². The Morgan fingerprint density at radius 1 is 1.29 bits per heavy atom. The number of rotatable bonds is 3. The van der Waals surface area contributed by atoms with E-state index in [-0.39, 0.29) is 5.41 Å². The first-order chi connectivity index (χ1) is 6.42. The average Bonchev–Trinajstić information content (AvgIpc) is 2.27. The van der Waals surface area contributed by atoms with Crippen LogP contribution in [0.4, 0.5) is 0 Å². The fourth-order valence-electron chi connectivity index (χ4n) is 2.42. The minimum atomic E-state index is -0.474. The lowest BCUT2D eigenvalue weighted by Crippen LogP contribution is -2.39. The predicted octanol–water partition coefficient (Wildman–Crippen LogP) is 3.53. The zero-order valence-corrected chi connectivity index (χ0v) is 10.0. The number of hydrogen-bond acceptors (Lipinski definition) is 1. The van der Waals surface area contributed by atoms with E-state index in [1.54, 1.807) is 0 Å². The Bertz CT molecular complexity index is 213. The van der Waals surface area contributed by atoms with Crippen LogP contribution in [0.15, 0.2) is 12.2 Å². The van der Waals surface area contributed by atoms with E-state index < -0.39 is 5.60 Å². The normalized spacial score (nSPS) is 36.8. The van der Waals surface area contributed by atoms with Crippen LogP contribution < -0.4 is 0 Å². The molecule has 2 atom stereocenters. The summed E-state index contributed by atoms with van der Waals surface area (Å²) in [6.45, 7) is 8.54. The summed E-state index contributed by atoms with van der Waals surface area (Å²) >= 11 is 0. The highest BCUT2D eigenvalue weighted by Crippen LogP contribution is 2.51. The summed E-state index contributed by atoms with van der Waals surface area (Å²) in [6.07, 6.45) is 8.84. The van der Waals surface area contributed by atoms with E-state index in [9.17, 15) is 5.11 Å². The smallest absolute Gasteiger partial charge is 0.0673 e. The Hall–Kier alpha value is -0.300. The molecule has 0 aromatic carbocycles. The summed E-state index contributed by atoms with van der Waals surface area (Å²) in [5.74, 6) is 0.639. The summed E-state index contributed by atoms with van der Waals surface area (Å²) in [5, 5.41) is 10.2. The molecule has 1 N–H and O–H groups in total. The van der Waals surface area contributed by atoms with Crippen LogP contribution in [-0.4, -0.2) is 10.7 Å². The second-order valence-corrected chi connectivity index (χ2v) is 5.35. The molecule has 0 radical (unpaired) electrons. The van der Waals surface area contributed by atoms with Crippen molar-refractivity contribution in [2.45, 2.75) is 59.0 Å². The second-order valence-electron chi connectivity index (χ2n) is 5.35. The van der Waals surface area contributed by atoms with E-state index >= 15 is 0 Å². The molecule has 0 amide bonds. The monoisotopic (exact) mass is 196 g/mol. The molecule has 1 saturated carbocycles. The van der Waals surface area contributed by atoms with Gasteiger partial charge in [0.2, 0.25) is 0 Å². The molecule has 1 fully saturated rings. The van der Waals surface area contributed by atoms with Crippen molar-refractivity contribution in [3.63, 3.8) is 0 Å². The minimum Gasteiger partial charge on any atom is -0.390 e. The van der Waals surface area contributed by atoms with Crippen molar-refractivity contribution in [3.8, 4) is 0 Å². The summed E-state index contributed by atoms with van der Waals surface area (Å²) in [4.78, 5) is 0. The molecule has 1 aliphatic carbocycles. The third kappa shape index (κ3) is 2.03. The lowest BCUT2D eigenvalue weighted by molar-refractivity contribution is -0.0418. The highest BCUT2D eigenvalue weighted by Gasteiger charge is 2.49.